The van der Waals surface area contributed by atoms with Crippen molar-refractivity contribution in [1.82, 2.24) is 14.9 Å². The van der Waals surface area contributed by atoms with E-state index in [1.807, 2.05) is 6.20 Å². The highest BCUT2D eigenvalue weighted by Crippen LogP contribution is 2.31. The van der Waals surface area contributed by atoms with Crippen LogP contribution in [0.5, 0.6) is 5.75 Å². The second-order valence-electron chi connectivity index (χ2n) is 7.54. The van der Waals surface area contributed by atoms with E-state index in [4.69, 9.17) is 4.74 Å². The lowest BCUT2D eigenvalue weighted by atomic mass is 10.0. The molecule has 6 nitrogen and oxygen atoms in total. The minimum Gasteiger partial charge on any atom is -0.493 e. The van der Waals surface area contributed by atoms with Crippen molar-refractivity contribution >= 4 is 16.7 Å². The zero-order chi connectivity index (χ0) is 18.4. The van der Waals surface area contributed by atoms with Gasteiger partial charge in [0.2, 0.25) is 5.95 Å². The number of anilines is 1. The fraction of sp³-hybridized carbons (Fsp3) is 0.500. The Morgan fingerprint density at radius 3 is 2.85 bits per heavy atom. The van der Waals surface area contributed by atoms with Crippen LogP contribution in [0.25, 0.3) is 0 Å². The Morgan fingerprint density at radius 2 is 2.00 bits per heavy atom. The third kappa shape index (κ3) is 3.23. The smallest absolute Gasteiger partial charge is 0.225 e. The first-order chi connectivity index (χ1) is 13.2. The van der Waals surface area contributed by atoms with Crippen LogP contribution in [0.15, 0.2) is 24.4 Å². The summed E-state index contributed by atoms with van der Waals surface area (Å²) in [4.78, 5) is 14.0. The molecule has 1 aromatic carbocycles. The summed E-state index contributed by atoms with van der Waals surface area (Å²) in [6.45, 7) is 6.85. The monoisotopic (exact) mass is 384 g/mol. The number of piperazine rings is 1. The second kappa shape index (κ2) is 6.87. The van der Waals surface area contributed by atoms with Gasteiger partial charge in [0.25, 0.3) is 0 Å². The van der Waals surface area contributed by atoms with Crippen molar-refractivity contribution in [2.45, 2.75) is 30.9 Å². The van der Waals surface area contributed by atoms with E-state index in [2.05, 4.69) is 44.9 Å². The molecular weight excluding hydrogens is 360 g/mol. The van der Waals surface area contributed by atoms with Gasteiger partial charge >= 0.3 is 0 Å². The molecule has 2 aromatic rings. The molecule has 0 bridgehead atoms. The maximum Gasteiger partial charge on any atom is 0.225 e. The summed E-state index contributed by atoms with van der Waals surface area (Å²) in [5, 5.41) is 0. The SMILES string of the molecule is CC(c1ccc2c(c1)OCC2)N1CCN(c2ncc3c(n2)CS(=O)C3)CC1. The molecule has 0 amide bonds. The number of aromatic nitrogens is 2. The highest BCUT2D eigenvalue weighted by atomic mass is 32.2. The quantitative estimate of drug-likeness (QED) is 0.807. The Bertz CT molecular complexity index is 896. The third-order valence-electron chi connectivity index (χ3n) is 5.90. The van der Waals surface area contributed by atoms with Crippen molar-refractivity contribution < 1.29 is 8.95 Å². The van der Waals surface area contributed by atoms with Crippen LogP contribution in [-0.4, -0.2) is 51.9 Å². The van der Waals surface area contributed by atoms with E-state index in [0.717, 1.165) is 62.2 Å². The molecule has 0 N–H and O–H groups in total. The summed E-state index contributed by atoms with van der Waals surface area (Å²) in [7, 11) is -0.805. The van der Waals surface area contributed by atoms with Crippen LogP contribution in [0, 0.1) is 0 Å². The zero-order valence-corrected chi connectivity index (χ0v) is 16.4. The summed E-state index contributed by atoms with van der Waals surface area (Å²) < 4.78 is 17.5. The molecule has 27 heavy (non-hydrogen) atoms. The maximum absolute atomic E-state index is 11.7. The Balaban J connectivity index is 1.25. The van der Waals surface area contributed by atoms with Crippen LogP contribution in [0.3, 0.4) is 0 Å². The molecule has 1 saturated heterocycles. The normalized spacial score (nSPS) is 23.0. The Labute approximate surface area is 162 Å². The van der Waals surface area contributed by atoms with Gasteiger partial charge in [0.1, 0.15) is 5.75 Å². The summed E-state index contributed by atoms with van der Waals surface area (Å²) in [6.07, 6.45) is 2.89. The van der Waals surface area contributed by atoms with Crippen molar-refractivity contribution in [1.29, 1.82) is 0 Å². The summed E-state index contributed by atoms with van der Waals surface area (Å²) in [5.74, 6) is 3.01. The molecule has 4 heterocycles. The van der Waals surface area contributed by atoms with Crippen molar-refractivity contribution in [3.63, 3.8) is 0 Å². The number of hydrogen-bond acceptors (Lipinski definition) is 6. The van der Waals surface area contributed by atoms with Crippen molar-refractivity contribution in [2.75, 3.05) is 37.7 Å². The Hall–Kier alpha value is -1.99. The molecule has 3 aliphatic heterocycles. The number of hydrogen-bond donors (Lipinski definition) is 0. The molecule has 142 valence electrons. The van der Waals surface area contributed by atoms with Gasteiger partial charge in [-0.05, 0) is 24.1 Å². The molecule has 0 saturated carbocycles. The summed E-state index contributed by atoms with van der Waals surface area (Å²) in [5.41, 5.74) is 4.65. The van der Waals surface area contributed by atoms with Gasteiger partial charge in [-0.15, -0.1) is 0 Å². The summed E-state index contributed by atoms with van der Waals surface area (Å²) >= 11 is 0. The van der Waals surface area contributed by atoms with E-state index >= 15 is 0 Å². The fourth-order valence-corrected chi connectivity index (χ4v) is 5.41. The van der Waals surface area contributed by atoms with Gasteiger partial charge in [0.05, 0.1) is 23.8 Å². The van der Waals surface area contributed by atoms with Gasteiger partial charge in [-0.2, -0.15) is 0 Å². The molecule has 0 aliphatic carbocycles. The predicted octanol–water partition coefficient (Wildman–Crippen LogP) is 2.06. The van der Waals surface area contributed by atoms with Crippen LogP contribution in [-0.2, 0) is 28.7 Å². The average molecular weight is 385 g/mol. The number of nitrogens with zero attached hydrogens (tertiary/aromatic N) is 4. The van der Waals surface area contributed by atoms with Gasteiger partial charge in [0, 0.05) is 61.2 Å². The standard InChI is InChI=1S/C20H24N4O2S/c1-14(16-3-2-15-4-9-26-19(15)10-16)23-5-7-24(8-6-23)20-21-11-17-12-27(25)13-18(17)22-20/h2-3,10-11,14H,4-9,12-13H2,1H3. The fourth-order valence-electron chi connectivity index (χ4n) is 4.17. The average Bonchev–Trinajstić information content (AvgIpc) is 3.31. The molecule has 2 unspecified atom stereocenters. The first kappa shape index (κ1) is 17.1. The highest BCUT2D eigenvalue weighted by molar-refractivity contribution is 7.83. The van der Waals surface area contributed by atoms with Crippen LogP contribution in [0.1, 0.15) is 35.3 Å². The van der Waals surface area contributed by atoms with Crippen molar-refractivity contribution in [3.8, 4) is 5.75 Å². The lowest BCUT2D eigenvalue weighted by Gasteiger charge is -2.38. The van der Waals surface area contributed by atoms with Gasteiger partial charge in [0.15, 0.2) is 0 Å². The van der Waals surface area contributed by atoms with Crippen LogP contribution < -0.4 is 9.64 Å². The van der Waals surface area contributed by atoms with E-state index < -0.39 is 10.8 Å². The first-order valence-corrected chi connectivity index (χ1v) is 11.1. The predicted molar refractivity (Wildman–Crippen MR) is 105 cm³/mol. The molecule has 2 atom stereocenters. The lowest BCUT2D eigenvalue weighted by Crippen LogP contribution is -2.47. The largest absolute Gasteiger partial charge is 0.493 e. The molecule has 7 heteroatoms. The lowest BCUT2D eigenvalue weighted by molar-refractivity contribution is 0.197. The zero-order valence-electron chi connectivity index (χ0n) is 15.6. The van der Waals surface area contributed by atoms with Gasteiger partial charge in [-0.25, -0.2) is 9.97 Å². The summed E-state index contributed by atoms with van der Waals surface area (Å²) in [6, 6.07) is 7.04. The Morgan fingerprint density at radius 1 is 1.15 bits per heavy atom. The first-order valence-electron chi connectivity index (χ1n) is 9.62. The molecule has 0 spiro atoms. The minimum atomic E-state index is -0.805. The van der Waals surface area contributed by atoms with Crippen molar-refractivity contribution in [3.05, 3.63) is 46.8 Å². The molecular formula is C20H24N4O2S. The topological polar surface area (TPSA) is 58.6 Å². The highest BCUT2D eigenvalue weighted by Gasteiger charge is 2.26. The number of rotatable bonds is 3. The van der Waals surface area contributed by atoms with Gasteiger partial charge in [-0.1, -0.05) is 12.1 Å². The van der Waals surface area contributed by atoms with E-state index in [1.54, 1.807) is 0 Å². The minimum absolute atomic E-state index is 0.366. The number of fused-ring (bicyclic) bond motifs is 2. The number of ether oxygens (including phenoxy) is 1. The van der Waals surface area contributed by atoms with Crippen molar-refractivity contribution in [2.24, 2.45) is 0 Å². The van der Waals surface area contributed by atoms with Crippen LogP contribution in [0.2, 0.25) is 0 Å². The van der Waals surface area contributed by atoms with E-state index in [1.165, 1.54) is 11.1 Å². The van der Waals surface area contributed by atoms with Crippen LogP contribution in [0.4, 0.5) is 5.95 Å². The molecule has 1 aromatic heterocycles. The van der Waals surface area contributed by atoms with Gasteiger partial charge in [-0.3, -0.25) is 9.11 Å². The van der Waals surface area contributed by atoms with E-state index in [-0.39, 0.29) is 0 Å². The van der Waals surface area contributed by atoms with E-state index in [0.29, 0.717) is 17.5 Å². The second-order valence-corrected chi connectivity index (χ2v) is 8.99. The molecule has 0 radical (unpaired) electrons. The molecule has 3 aliphatic rings. The van der Waals surface area contributed by atoms with E-state index in [9.17, 15) is 4.21 Å². The number of benzene rings is 1. The third-order valence-corrected chi connectivity index (χ3v) is 7.13. The van der Waals surface area contributed by atoms with Crippen LogP contribution >= 0.6 is 0 Å². The maximum atomic E-state index is 11.7. The van der Waals surface area contributed by atoms with Gasteiger partial charge < -0.3 is 9.64 Å². The Kier molecular flexibility index (Phi) is 4.36. The molecule has 1 fully saturated rings. The molecule has 5 rings (SSSR count).